The van der Waals surface area contributed by atoms with E-state index in [9.17, 15) is 0 Å². The molecule has 0 aromatic rings. The van der Waals surface area contributed by atoms with Gasteiger partial charge in [-0.05, 0) is 0 Å². The monoisotopic (exact) mass is 386 g/mol. The fourth-order valence-corrected chi connectivity index (χ4v) is 0. The average Bonchev–Trinajstić information content (AvgIpc) is 1.54. The summed E-state index contributed by atoms with van der Waals surface area (Å²) in [5.41, 5.74) is 0. The Morgan fingerprint density at radius 2 is 0.538 bits per heavy atom. The molecule has 0 bridgehead atoms. The van der Waals surface area contributed by atoms with E-state index in [-0.39, 0.29) is 8.41 Å². The van der Waals surface area contributed by atoms with Crippen LogP contribution in [0.1, 0.15) is 0 Å². The van der Waals surface area contributed by atoms with Crippen LogP contribution in [0.25, 0.3) is 0 Å². The summed E-state index contributed by atoms with van der Waals surface area (Å²) in [7, 11) is 0. The summed E-state index contributed by atoms with van der Waals surface area (Å²) in [5.74, 6) is 0. The summed E-state index contributed by atoms with van der Waals surface area (Å²) in [6, 6.07) is 0. The average molecular weight is 382 g/mol. The second-order valence-electron chi connectivity index (χ2n) is 0.848. The van der Waals surface area contributed by atoms with Gasteiger partial charge in [0.2, 0.25) is 0 Å². The van der Waals surface area contributed by atoms with Gasteiger partial charge in [-0.25, -0.2) is 0 Å². The van der Waals surface area contributed by atoms with E-state index in [2.05, 4.69) is 0 Å². The molecule has 0 rings (SSSR count). The minimum atomic E-state index is -3.58. The quantitative estimate of drug-likeness (QED) is 0.223. The maximum atomic E-state index is 8.81. The second kappa shape index (κ2) is 17.8. The van der Waals surface area contributed by atoms with Gasteiger partial charge in [-0.1, -0.05) is 0 Å². The molecule has 13 heavy (non-hydrogen) atoms. The van der Waals surface area contributed by atoms with Crippen LogP contribution >= 0.6 is 0 Å². The molecule has 0 unspecified atom stereocenters. The van der Waals surface area contributed by atoms with E-state index in [0.29, 0.717) is 0 Å². The molecular formula is H9BGe3O9. The van der Waals surface area contributed by atoms with Crippen LogP contribution in [0.3, 0.4) is 0 Å². The number of hydrogen-bond acceptors (Lipinski definition) is 3. The van der Waals surface area contributed by atoms with Gasteiger partial charge in [-0.2, -0.15) is 0 Å². The van der Waals surface area contributed by atoms with Crippen molar-refractivity contribution in [2.75, 3.05) is 0 Å². The van der Waals surface area contributed by atoms with Gasteiger partial charge in [-0.15, -0.1) is 0 Å². The molecule has 0 aromatic carbocycles. The van der Waals surface area contributed by atoms with Crippen LogP contribution in [0, 0.1) is 0 Å². The van der Waals surface area contributed by atoms with Crippen molar-refractivity contribution < 1.29 is 36.1 Å². The van der Waals surface area contributed by atoms with Crippen molar-refractivity contribution >= 4 is 53.3 Å². The standard InChI is InChI=1S/BH3.3GeH2O3/c;3*2-1(3)4/h1H3;3*2-3H. The Morgan fingerprint density at radius 1 is 0.538 bits per heavy atom. The first-order valence-corrected chi connectivity index (χ1v) is 10.2. The predicted octanol–water partition coefficient (Wildman–Crippen LogP) is -6.02. The van der Waals surface area contributed by atoms with Crippen molar-refractivity contribution in [3.63, 3.8) is 0 Å². The Kier molecular flexibility index (Phi) is 31.7. The molecule has 9 nitrogen and oxygen atoms in total. The Labute approximate surface area is 89.2 Å². The van der Waals surface area contributed by atoms with E-state index in [1.54, 1.807) is 0 Å². The molecule has 0 aliphatic rings. The molecule has 0 saturated heterocycles. The molecule has 0 aliphatic carbocycles. The summed E-state index contributed by atoms with van der Waals surface area (Å²) in [5, 5.41) is 0. The van der Waals surface area contributed by atoms with Gasteiger partial charge in [0, 0.05) is 0 Å². The third kappa shape index (κ3) is 103000. The van der Waals surface area contributed by atoms with Crippen molar-refractivity contribution in [2.24, 2.45) is 0 Å². The number of rotatable bonds is 0. The molecule has 0 saturated carbocycles. The van der Waals surface area contributed by atoms with Crippen molar-refractivity contribution in [3.05, 3.63) is 0 Å². The molecular weight excluding hydrogens is 373 g/mol. The zero-order valence-electron chi connectivity index (χ0n) is 5.41. The van der Waals surface area contributed by atoms with Gasteiger partial charge in [0.15, 0.2) is 0 Å². The first-order chi connectivity index (χ1) is 5.20. The van der Waals surface area contributed by atoms with Crippen molar-refractivity contribution in [3.8, 4) is 0 Å². The molecule has 0 amide bonds. The fourth-order valence-electron chi connectivity index (χ4n) is 0. The predicted molar refractivity (Wildman–Crippen MR) is 42.6 cm³/mol. The van der Waals surface area contributed by atoms with Crippen molar-refractivity contribution in [1.82, 2.24) is 0 Å². The zero-order valence-corrected chi connectivity index (χ0v) is 11.7. The Hall–Kier alpha value is -0.106. The van der Waals surface area contributed by atoms with Crippen LogP contribution in [0.5, 0.6) is 0 Å². The minimum absolute atomic E-state index is 0. The van der Waals surface area contributed by atoms with Gasteiger partial charge >= 0.3 is 81.0 Å². The third-order valence-electron chi connectivity index (χ3n) is 0. The topological polar surface area (TPSA) is 173 Å². The van der Waals surface area contributed by atoms with Gasteiger partial charge < -0.3 is 0 Å². The fraction of sp³-hybridized carbons (Fsp3) is 0. The van der Waals surface area contributed by atoms with E-state index < -0.39 is 44.9 Å². The molecule has 0 atom stereocenters. The van der Waals surface area contributed by atoms with E-state index in [1.165, 1.54) is 0 Å². The molecule has 78 valence electrons. The Balaban J connectivity index is -0.0000000450. The first kappa shape index (κ1) is 23.1. The summed E-state index contributed by atoms with van der Waals surface area (Å²) in [4.78, 5) is 0. The molecule has 13 heteroatoms. The molecule has 0 aromatic heterocycles. The van der Waals surface area contributed by atoms with Crippen molar-refractivity contribution in [2.45, 2.75) is 0 Å². The molecule has 0 spiro atoms. The second-order valence-corrected chi connectivity index (χ2v) is 4.40. The van der Waals surface area contributed by atoms with Crippen LogP contribution in [0.15, 0.2) is 0 Å². The summed E-state index contributed by atoms with van der Waals surface area (Å²) in [6.45, 7) is 0. The number of hydrogen-bond donors (Lipinski definition) is 6. The molecule has 6 N–H and O–H groups in total. The summed E-state index contributed by atoms with van der Waals surface area (Å²) < 4.78 is 69.8. The summed E-state index contributed by atoms with van der Waals surface area (Å²) >= 11 is -10.8. The molecule has 0 heterocycles. The zero-order chi connectivity index (χ0) is 10.7. The van der Waals surface area contributed by atoms with Gasteiger partial charge in [0.25, 0.3) is 0 Å². The van der Waals surface area contributed by atoms with E-state index in [1.807, 2.05) is 0 Å². The van der Waals surface area contributed by atoms with Crippen molar-refractivity contribution in [1.29, 1.82) is 0 Å². The van der Waals surface area contributed by atoms with Crippen LogP contribution in [-0.2, 0) is 11.3 Å². The van der Waals surface area contributed by atoms with Gasteiger partial charge in [0.1, 0.15) is 0 Å². The SMILES string of the molecule is B.[O]=[Ge]([OH])[OH].[O]=[Ge]([OH])[OH].[O]=[Ge]([OH])[OH]. The normalized spacial score (nSPS) is 5.54. The van der Waals surface area contributed by atoms with E-state index in [0.717, 1.165) is 0 Å². The van der Waals surface area contributed by atoms with Gasteiger partial charge in [0.05, 0.1) is 8.41 Å². The van der Waals surface area contributed by atoms with Gasteiger partial charge in [-0.3, -0.25) is 0 Å². The third-order valence-corrected chi connectivity index (χ3v) is 0. The van der Waals surface area contributed by atoms with E-state index in [4.69, 9.17) is 36.1 Å². The van der Waals surface area contributed by atoms with Crippen LogP contribution < -0.4 is 0 Å². The van der Waals surface area contributed by atoms with Crippen LogP contribution in [0.4, 0.5) is 0 Å². The summed E-state index contributed by atoms with van der Waals surface area (Å²) in [6.07, 6.45) is 0. The van der Waals surface area contributed by atoms with E-state index >= 15 is 0 Å². The first-order valence-electron chi connectivity index (χ1n) is 1.95. The molecule has 0 radical (unpaired) electrons. The van der Waals surface area contributed by atoms with Crippen LogP contribution in [0.2, 0.25) is 0 Å². The Morgan fingerprint density at radius 3 is 0.538 bits per heavy atom. The maximum absolute atomic E-state index is 8.81. The molecule has 0 aliphatic heterocycles. The Bertz CT molecular complexity index is 112. The molecule has 0 fully saturated rings. The van der Waals surface area contributed by atoms with Crippen LogP contribution in [-0.4, -0.2) is 78.1 Å².